The molecule has 2 heterocycles. The van der Waals surface area contributed by atoms with Crippen molar-refractivity contribution in [2.24, 2.45) is 11.8 Å². The normalized spacial score (nSPS) is 30.6. The molecule has 2 fully saturated rings. The molecule has 0 aliphatic carbocycles. The second kappa shape index (κ2) is 4.84. The predicted octanol–water partition coefficient (Wildman–Crippen LogP) is 1.40. The summed E-state index contributed by atoms with van der Waals surface area (Å²) in [7, 11) is 0. The van der Waals surface area contributed by atoms with Crippen molar-refractivity contribution in [1.82, 2.24) is 10.2 Å². The highest BCUT2D eigenvalue weighted by Crippen LogP contribution is 2.34. The number of likely N-dealkylation sites (tertiary alicyclic amines) is 1. The maximum absolute atomic E-state index is 12.5. The van der Waals surface area contributed by atoms with E-state index in [1.54, 1.807) is 0 Å². The van der Waals surface area contributed by atoms with Crippen LogP contribution in [0.2, 0.25) is 0 Å². The summed E-state index contributed by atoms with van der Waals surface area (Å²) in [6.45, 7) is 1.60. The number of carbonyl (C=O) groups excluding carboxylic acids is 1. The van der Waals surface area contributed by atoms with Gasteiger partial charge in [0.1, 0.15) is 0 Å². The molecule has 6 heteroatoms. The van der Waals surface area contributed by atoms with Gasteiger partial charge in [0.15, 0.2) is 0 Å². The average Bonchev–Trinajstić information content (AvgIpc) is 2.78. The molecule has 0 unspecified atom stereocenters. The van der Waals surface area contributed by atoms with E-state index >= 15 is 0 Å². The Hall–Kier alpha value is -0.780. The third-order valence-corrected chi connectivity index (χ3v) is 3.61. The molecule has 3 nitrogen and oxygen atoms in total. The van der Waals surface area contributed by atoms with Crippen molar-refractivity contribution in [3.8, 4) is 0 Å². The highest BCUT2D eigenvalue weighted by molar-refractivity contribution is 5.79. The summed E-state index contributed by atoms with van der Waals surface area (Å²) >= 11 is 0. The lowest BCUT2D eigenvalue weighted by atomic mass is 9.98. The highest BCUT2D eigenvalue weighted by Gasteiger charge is 2.45. The maximum Gasteiger partial charge on any atom is 0.393 e. The fourth-order valence-electron chi connectivity index (χ4n) is 2.55. The zero-order valence-electron chi connectivity index (χ0n) is 9.59. The van der Waals surface area contributed by atoms with E-state index in [1.807, 2.05) is 0 Å². The van der Waals surface area contributed by atoms with Crippen LogP contribution in [-0.2, 0) is 4.79 Å². The SMILES string of the molecule is O=C([C@@H]1CCCNC1)N1CC[C@@H](C(F)(F)F)C1. The van der Waals surface area contributed by atoms with Gasteiger partial charge >= 0.3 is 6.18 Å². The van der Waals surface area contributed by atoms with Crippen molar-refractivity contribution in [3.63, 3.8) is 0 Å². The maximum atomic E-state index is 12.5. The van der Waals surface area contributed by atoms with E-state index in [4.69, 9.17) is 0 Å². The van der Waals surface area contributed by atoms with Gasteiger partial charge in [-0.05, 0) is 25.8 Å². The first-order valence-corrected chi connectivity index (χ1v) is 6.04. The number of hydrogen-bond acceptors (Lipinski definition) is 2. The number of nitrogens with one attached hydrogen (secondary N) is 1. The number of carbonyl (C=O) groups is 1. The number of alkyl halides is 3. The average molecular weight is 250 g/mol. The number of hydrogen-bond donors (Lipinski definition) is 1. The van der Waals surface area contributed by atoms with E-state index in [9.17, 15) is 18.0 Å². The monoisotopic (exact) mass is 250 g/mol. The summed E-state index contributed by atoms with van der Waals surface area (Å²) in [4.78, 5) is 13.4. The quantitative estimate of drug-likeness (QED) is 0.763. The Balaban J connectivity index is 1.89. The largest absolute Gasteiger partial charge is 0.393 e. The molecule has 0 spiro atoms. The first kappa shape index (κ1) is 12.7. The minimum absolute atomic E-state index is 0.0510. The van der Waals surface area contributed by atoms with Crippen LogP contribution in [0.3, 0.4) is 0 Å². The highest BCUT2D eigenvalue weighted by atomic mass is 19.4. The second-order valence-electron chi connectivity index (χ2n) is 4.85. The first-order valence-electron chi connectivity index (χ1n) is 6.04. The molecule has 0 radical (unpaired) electrons. The van der Waals surface area contributed by atoms with Crippen molar-refractivity contribution < 1.29 is 18.0 Å². The molecule has 0 aromatic heterocycles. The molecule has 0 bridgehead atoms. The van der Waals surface area contributed by atoms with Crippen LogP contribution < -0.4 is 5.32 Å². The molecule has 2 aliphatic rings. The van der Waals surface area contributed by atoms with E-state index in [2.05, 4.69) is 5.32 Å². The molecule has 2 aliphatic heterocycles. The van der Waals surface area contributed by atoms with Crippen LogP contribution >= 0.6 is 0 Å². The Morgan fingerprint density at radius 3 is 2.59 bits per heavy atom. The topological polar surface area (TPSA) is 32.3 Å². The standard InChI is InChI=1S/C11H17F3N2O/c12-11(13,14)9-3-5-16(7-9)10(17)8-2-1-4-15-6-8/h8-9,15H,1-7H2/t8-,9-/m1/s1. The van der Waals surface area contributed by atoms with Crippen molar-refractivity contribution >= 4 is 5.91 Å². The van der Waals surface area contributed by atoms with Crippen LogP contribution in [0.25, 0.3) is 0 Å². The molecule has 1 N–H and O–H groups in total. The Morgan fingerprint density at radius 1 is 1.29 bits per heavy atom. The first-order chi connectivity index (χ1) is 7.98. The molecular weight excluding hydrogens is 233 g/mol. The molecule has 2 saturated heterocycles. The van der Waals surface area contributed by atoms with Crippen molar-refractivity contribution in [3.05, 3.63) is 0 Å². The van der Waals surface area contributed by atoms with Gasteiger partial charge in [0.2, 0.25) is 5.91 Å². The summed E-state index contributed by atoms with van der Waals surface area (Å²) in [6.07, 6.45) is -2.40. The lowest BCUT2D eigenvalue weighted by Gasteiger charge is -2.27. The van der Waals surface area contributed by atoms with E-state index in [1.165, 1.54) is 4.90 Å². The number of nitrogens with zero attached hydrogens (tertiary/aromatic N) is 1. The molecule has 98 valence electrons. The van der Waals surface area contributed by atoms with Crippen LogP contribution in [-0.4, -0.2) is 43.2 Å². The predicted molar refractivity (Wildman–Crippen MR) is 56.3 cm³/mol. The fraction of sp³-hybridized carbons (Fsp3) is 0.909. The fourth-order valence-corrected chi connectivity index (χ4v) is 2.55. The summed E-state index contributed by atoms with van der Waals surface area (Å²) < 4.78 is 37.5. The van der Waals surface area contributed by atoms with E-state index < -0.39 is 12.1 Å². The summed E-state index contributed by atoms with van der Waals surface area (Å²) in [5, 5.41) is 3.11. The van der Waals surface area contributed by atoms with Gasteiger partial charge in [-0.3, -0.25) is 4.79 Å². The minimum Gasteiger partial charge on any atom is -0.342 e. The van der Waals surface area contributed by atoms with Gasteiger partial charge in [0.05, 0.1) is 11.8 Å². The summed E-state index contributed by atoms with van der Waals surface area (Å²) in [5.41, 5.74) is 0. The van der Waals surface area contributed by atoms with E-state index in [0.29, 0.717) is 6.54 Å². The van der Waals surface area contributed by atoms with Gasteiger partial charge in [-0.2, -0.15) is 13.2 Å². The number of halogens is 3. The molecule has 1 amide bonds. The summed E-state index contributed by atoms with van der Waals surface area (Å²) in [5.74, 6) is -1.57. The van der Waals surface area contributed by atoms with Gasteiger partial charge in [-0.1, -0.05) is 0 Å². The van der Waals surface area contributed by atoms with Crippen molar-refractivity contribution in [2.45, 2.75) is 25.4 Å². The van der Waals surface area contributed by atoms with E-state index in [0.717, 1.165) is 19.4 Å². The molecule has 2 rings (SSSR count). The van der Waals surface area contributed by atoms with Gasteiger partial charge in [-0.25, -0.2) is 0 Å². The molecule has 0 saturated carbocycles. The lowest BCUT2D eigenvalue weighted by Crippen LogP contribution is -2.42. The smallest absolute Gasteiger partial charge is 0.342 e. The van der Waals surface area contributed by atoms with E-state index in [-0.39, 0.29) is 31.3 Å². The second-order valence-corrected chi connectivity index (χ2v) is 4.85. The zero-order chi connectivity index (χ0) is 12.5. The number of rotatable bonds is 1. The Bertz CT molecular complexity index is 287. The Kier molecular flexibility index (Phi) is 3.61. The number of piperidine rings is 1. The van der Waals surface area contributed by atoms with Crippen LogP contribution in [0.5, 0.6) is 0 Å². The molecule has 0 aromatic rings. The van der Waals surface area contributed by atoms with Gasteiger partial charge in [-0.15, -0.1) is 0 Å². The molecule has 0 aromatic carbocycles. The van der Waals surface area contributed by atoms with Crippen LogP contribution in [0.4, 0.5) is 13.2 Å². The lowest BCUT2D eigenvalue weighted by molar-refractivity contribution is -0.171. The van der Waals surface area contributed by atoms with Crippen LogP contribution in [0, 0.1) is 11.8 Å². The third-order valence-electron chi connectivity index (χ3n) is 3.61. The third kappa shape index (κ3) is 2.91. The van der Waals surface area contributed by atoms with Crippen LogP contribution in [0.1, 0.15) is 19.3 Å². The van der Waals surface area contributed by atoms with Crippen LogP contribution in [0.15, 0.2) is 0 Å². The Labute approximate surface area is 98.3 Å². The summed E-state index contributed by atoms with van der Waals surface area (Å²) in [6, 6.07) is 0. The van der Waals surface area contributed by atoms with Gasteiger partial charge in [0, 0.05) is 19.6 Å². The van der Waals surface area contributed by atoms with Gasteiger partial charge < -0.3 is 10.2 Å². The minimum atomic E-state index is -4.17. The van der Waals surface area contributed by atoms with Crippen molar-refractivity contribution in [1.29, 1.82) is 0 Å². The van der Waals surface area contributed by atoms with Crippen molar-refractivity contribution in [2.75, 3.05) is 26.2 Å². The molecule has 17 heavy (non-hydrogen) atoms. The Morgan fingerprint density at radius 2 is 2.06 bits per heavy atom. The van der Waals surface area contributed by atoms with Gasteiger partial charge in [0.25, 0.3) is 0 Å². The zero-order valence-corrected chi connectivity index (χ0v) is 9.59. The molecular formula is C11H17F3N2O. The molecule has 2 atom stereocenters. The number of amides is 1.